The number of nitrogens with zero attached hydrogens (tertiary/aromatic N) is 3. The lowest BCUT2D eigenvalue weighted by molar-refractivity contribution is -0.140. The van der Waals surface area contributed by atoms with Gasteiger partial charge in [-0.2, -0.15) is 0 Å². The number of rotatable bonds is 14. The second-order valence-electron chi connectivity index (χ2n) is 9.47. The van der Waals surface area contributed by atoms with E-state index in [1.807, 2.05) is 63.4 Å². The maximum absolute atomic E-state index is 12.3. The summed E-state index contributed by atoms with van der Waals surface area (Å²) in [6.45, 7) is 5.80. The Labute approximate surface area is 219 Å². The monoisotopic (exact) mass is 509 g/mol. The highest BCUT2D eigenvalue weighted by Gasteiger charge is 2.16. The molecule has 1 amide bonds. The number of unbranched alkanes of at least 4 members (excludes halogenated alkanes) is 2. The highest BCUT2D eigenvalue weighted by atomic mass is 16.5. The topological polar surface area (TPSA) is 82.9 Å². The van der Waals surface area contributed by atoms with Crippen LogP contribution in [0.5, 0.6) is 11.5 Å². The summed E-state index contributed by atoms with van der Waals surface area (Å²) in [5, 5.41) is 0. The molecule has 1 aromatic heterocycles. The third kappa shape index (κ3) is 7.71. The van der Waals surface area contributed by atoms with Crippen LogP contribution in [0, 0.1) is 5.92 Å². The van der Waals surface area contributed by atoms with Gasteiger partial charge in [0.25, 0.3) is 0 Å². The molecule has 3 rings (SSSR count). The average molecular weight is 510 g/mol. The van der Waals surface area contributed by atoms with Crippen molar-refractivity contribution in [3.8, 4) is 22.9 Å². The molecule has 2 aromatic carbocycles. The number of esters is 1. The molecule has 37 heavy (non-hydrogen) atoms. The first kappa shape index (κ1) is 28.0. The van der Waals surface area contributed by atoms with Crippen molar-refractivity contribution < 1.29 is 23.8 Å². The predicted octanol–water partition coefficient (Wildman–Crippen LogP) is 5.33. The Kier molecular flexibility index (Phi) is 10.4. The molecule has 0 saturated heterocycles. The van der Waals surface area contributed by atoms with Crippen LogP contribution in [-0.4, -0.2) is 60.7 Å². The molecule has 0 aliphatic carbocycles. The van der Waals surface area contributed by atoms with Crippen LogP contribution in [0.4, 0.5) is 0 Å². The van der Waals surface area contributed by atoms with Gasteiger partial charge in [0.1, 0.15) is 17.3 Å². The number of amides is 1. The molecular formula is C29H39N3O5. The van der Waals surface area contributed by atoms with Crippen molar-refractivity contribution in [1.82, 2.24) is 14.5 Å². The molecule has 0 fully saturated rings. The van der Waals surface area contributed by atoms with Crippen LogP contribution in [0.2, 0.25) is 0 Å². The van der Waals surface area contributed by atoms with Gasteiger partial charge in [0.15, 0.2) is 0 Å². The van der Waals surface area contributed by atoms with Gasteiger partial charge in [0.2, 0.25) is 5.91 Å². The zero-order chi connectivity index (χ0) is 26.8. The van der Waals surface area contributed by atoms with Gasteiger partial charge in [-0.15, -0.1) is 0 Å². The van der Waals surface area contributed by atoms with Gasteiger partial charge in [-0.05, 0) is 62.1 Å². The number of carbonyl (C=O) groups excluding carboxylic acids is 2. The standard InChI is InChI=1S/C29H39N3O5/c1-21(2)29(34)31(3)17-9-18-32-26-20-24(37-19-8-6-7-10-27(33)36-5)15-16-25(26)30-28(32)22-11-13-23(35-4)14-12-22/h11-16,20-21H,6-10,17-19H2,1-5H3. The Hall–Kier alpha value is -3.55. The smallest absolute Gasteiger partial charge is 0.305 e. The molecule has 0 radical (unpaired) electrons. The summed E-state index contributed by atoms with van der Waals surface area (Å²) in [5.41, 5.74) is 2.88. The van der Waals surface area contributed by atoms with Gasteiger partial charge < -0.3 is 23.7 Å². The van der Waals surface area contributed by atoms with Crippen LogP contribution in [0.25, 0.3) is 22.4 Å². The lowest BCUT2D eigenvalue weighted by Crippen LogP contribution is -2.31. The summed E-state index contributed by atoms with van der Waals surface area (Å²) >= 11 is 0. The number of ether oxygens (including phenoxy) is 3. The van der Waals surface area contributed by atoms with Crippen molar-refractivity contribution in [3.05, 3.63) is 42.5 Å². The van der Waals surface area contributed by atoms with E-state index in [4.69, 9.17) is 14.5 Å². The number of aryl methyl sites for hydroxylation is 1. The number of aromatic nitrogens is 2. The molecule has 0 saturated carbocycles. The van der Waals surface area contributed by atoms with E-state index >= 15 is 0 Å². The highest BCUT2D eigenvalue weighted by molar-refractivity contribution is 5.82. The van der Waals surface area contributed by atoms with Crippen LogP contribution in [0.3, 0.4) is 0 Å². The van der Waals surface area contributed by atoms with Crippen LogP contribution in [0.1, 0.15) is 46.0 Å². The predicted molar refractivity (Wildman–Crippen MR) is 145 cm³/mol. The van der Waals surface area contributed by atoms with E-state index in [1.165, 1.54) is 7.11 Å². The lowest BCUT2D eigenvalue weighted by Gasteiger charge is -2.20. The van der Waals surface area contributed by atoms with Crippen molar-refractivity contribution in [2.75, 3.05) is 34.4 Å². The molecule has 0 bridgehead atoms. The van der Waals surface area contributed by atoms with E-state index in [0.717, 1.165) is 59.6 Å². The van der Waals surface area contributed by atoms with Crippen molar-refractivity contribution in [1.29, 1.82) is 0 Å². The molecule has 0 atom stereocenters. The van der Waals surface area contributed by atoms with Crippen LogP contribution in [-0.2, 0) is 20.9 Å². The molecule has 200 valence electrons. The number of methoxy groups -OCH3 is 2. The Morgan fingerprint density at radius 1 is 0.973 bits per heavy atom. The number of fused-ring (bicyclic) bond motifs is 1. The molecule has 0 spiro atoms. The summed E-state index contributed by atoms with van der Waals surface area (Å²) in [5.74, 6) is 2.40. The molecule has 3 aromatic rings. The first-order chi connectivity index (χ1) is 17.8. The van der Waals surface area contributed by atoms with Gasteiger partial charge >= 0.3 is 5.97 Å². The fraction of sp³-hybridized carbons (Fsp3) is 0.483. The second kappa shape index (κ2) is 13.7. The molecule has 1 heterocycles. The maximum Gasteiger partial charge on any atom is 0.305 e. The number of imidazole rings is 1. The molecule has 0 unspecified atom stereocenters. The molecule has 0 aliphatic rings. The Morgan fingerprint density at radius 3 is 2.38 bits per heavy atom. The van der Waals surface area contributed by atoms with E-state index in [2.05, 4.69) is 9.30 Å². The van der Waals surface area contributed by atoms with Crippen molar-refractivity contribution in [3.63, 3.8) is 0 Å². The Bertz CT molecular complexity index is 1170. The van der Waals surface area contributed by atoms with Gasteiger partial charge in [0, 0.05) is 44.1 Å². The van der Waals surface area contributed by atoms with Crippen LogP contribution < -0.4 is 9.47 Å². The van der Waals surface area contributed by atoms with Gasteiger partial charge in [0.05, 0.1) is 31.9 Å². The van der Waals surface area contributed by atoms with E-state index in [9.17, 15) is 9.59 Å². The van der Waals surface area contributed by atoms with Gasteiger partial charge in [-0.25, -0.2) is 4.98 Å². The quantitative estimate of drug-likeness (QED) is 0.216. The second-order valence-corrected chi connectivity index (χ2v) is 9.47. The summed E-state index contributed by atoms with van der Waals surface area (Å²) in [6.07, 6.45) is 3.80. The van der Waals surface area contributed by atoms with E-state index in [1.54, 1.807) is 12.0 Å². The zero-order valence-electron chi connectivity index (χ0n) is 22.7. The highest BCUT2D eigenvalue weighted by Crippen LogP contribution is 2.29. The fourth-order valence-electron chi connectivity index (χ4n) is 4.24. The van der Waals surface area contributed by atoms with Crippen molar-refractivity contribution in [2.45, 2.75) is 52.5 Å². The average Bonchev–Trinajstić information content (AvgIpc) is 3.27. The fourth-order valence-corrected chi connectivity index (χ4v) is 4.24. The third-order valence-corrected chi connectivity index (χ3v) is 6.33. The van der Waals surface area contributed by atoms with Crippen molar-refractivity contribution >= 4 is 22.9 Å². The minimum atomic E-state index is -0.174. The third-order valence-electron chi connectivity index (χ3n) is 6.33. The number of carbonyl (C=O) groups is 2. The van der Waals surface area contributed by atoms with E-state index in [-0.39, 0.29) is 17.8 Å². The summed E-state index contributed by atoms with van der Waals surface area (Å²) < 4.78 is 18.2. The van der Waals surface area contributed by atoms with Gasteiger partial charge in [-0.1, -0.05) is 13.8 Å². The summed E-state index contributed by atoms with van der Waals surface area (Å²) in [7, 11) is 4.92. The SMILES string of the molecule is COC(=O)CCCCCOc1ccc2nc(-c3ccc(OC)cc3)n(CCCN(C)C(=O)C(C)C)c2c1. The van der Waals surface area contributed by atoms with Gasteiger partial charge in [-0.3, -0.25) is 9.59 Å². The molecule has 8 heteroatoms. The summed E-state index contributed by atoms with van der Waals surface area (Å²) in [4.78, 5) is 30.3. The minimum Gasteiger partial charge on any atom is -0.497 e. The number of benzene rings is 2. The molecule has 0 aliphatic heterocycles. The molecule has 8 nitrogen and oxygen atoms in total. The number of hydrogen-bond donors (Lipinski definition) is 0. The van der Waals surface area contributed by atoms with Crippen molar-refractivity contribution in [2.24, 2.45) is 5.92 Å². The van der Waals surface area contributed by atoms with Crippen LogP contribution >= 0.6 is 0 Å². The molecular weight excluding hydrogens is 470 g/mol. The van der Waals surface area contributed by atoms with Crippen LogP contribution in [0.15, 0.2) is 42.5 Å². The minimum absolute atomic E-state index is 0.0193. The Morgan fingerprint density at radius 2 is 1.70 bits per heavy atom. The number of hydrogen-bond acceptors (Lipinski definition) is 6. The summed E-state index contributed by atoms with van der Waals surface area (Å²) in [6, 6.07) is 13.9. The van der Waals surface area contributed by atoms with E-state index < -0.39 is 0 Å². The maximum atomic E-state index is 12.3. The first-order valence-electron chi connectivity index (χ1n) is 12.9. The van der Waals surface area contributed by atoms with E-state index in [0.29, 0.717) is 26.1 Å². The Balaban J connectivity index is 1.76. The molecule has 0 N–H and O–H groups in total. The lowest BCUT2D eigenvalue weighted by atomic mass is 10.2. The zero-order valence-corrected chi connectivity index (χ0v) is 22.7. The first-order valence-corrected chi connectivity index (χ1v) is 12.9. The largest absolute Gasteiger partial charge is 0.497 e. The normalized spacial score (nSPS) is 11.1.